The van der Waals surface area contributed by atoms with E-state index in [9.17, 15) is 9.90 Å². The highest BCUT2D eigenvalue weighted by atomic mass is 16.3. The van der Waals surface area contributed by atoms with Gasteiger partial charge in [0.2, 0.25) is 0 Å². The second-order valence-electron chi connectivity index (χ2n) is 7.79. The number of carbonyl (C=O) groups excluding carboxylic acids is 1. The van der Waals surface area contributed by atoms with Gasteiger partial charge in [0.05, 0.1) is 11.8 Å². The van der Waals surface area contributed by atoms with Crippen LogP contribution in [-0.4, -0.2) is 21.7 Å². The molecule has 0 fully saturated rings. The van der Waals surface area contributed by atoms with E-state index in [2.05, 4.69) is 5.10 Å². The van der Waals surface area contributed by atoms with Gasteiger partial charge in [0.15, 0.2) is 0 Å². The van der Waals surface area contributed by atoms with E-state index < -0.39 is 0 Å². The Morgan fingerprint density at radius 3 is 2.34 bits per heavy atom. The number of hydrogen-bond donors (Lipinski definition) is 1. The van der Waals surface area contributed by atoms with Gasteiger partial charge in [-0.3, -0.25) is 4.79 Å². The van der Waals surface area contributed by atoms with E-state index in [1.807, 2.05) is 97.1 Å². The van der Waals surface area contributed by atoms with Gasteiger partial charge in [-0.1, -0.05) is 91.0 Å². The molecule has 0 aliphatic carbocycles. The summed E-state index contributed by atoms with van der Waals surface area (Å²) in [6.45, 7) is 0. The lowest BCUT2D eigenvalue weighted by Gasteiger charge is -2.20. The Kier molecular flexibility index (Phi) is 5.26. The molecular formula is C28H22N2O2. The fourth-order valence-corrected chi connectivity index (χ4v) is 4.11. The summed E-state index contributed by atoms with van der Waals surface area (Å²) in [6, 6.07) is 30.9. The van der Waals surface area contributed by atoms with E-state index in [1.54, 1.807) is 12.2 Å². The summed E-state index contributed by atoms with van der Waals surface area (Å²) >= 11 is 0. The maximum absolute atomic E-state index is 13.1. The van der Waals surface area contributed by atoms with E-state index in [0.29, 0.717) is 17.7 Å². The number of phenols is 1. The first-order valence-corrected chi connectivity index (χ1v) is 10.6. The zero-order chi connectivity index (χ0) is 21.9. The third-order valence-electron chi connectivity index (χ3n) is 5.75. The molecule has 1 amide bonds. The van der Waals surface area contributed by atoms with Gasteiger partial charge >= 0.3 is 0 Å². The highest BCUT2D eigenvalue weighted by Gasteiger charge is 2.33. The van der Waals surface area contributed by atoms with Crippen molar-refractivity contribution in [3.8, 4) is 5.75 Å². The Labute approximate surface area is 186 Å². The predicted octanol–water partition coefficient (Wildman–Crippen LogP) is 5.94. The van der Waals surface area contributed by atoms with Crippen molar-refractivity contribution >= 4 is 28.5 Å². The molecule has 4 heteroatoms. The SMILES string of the molecule is O=C(C=Cc1ccccc1)N1N=C(c2ccc3ccccc3c2O)CC1c1ccccc1. The Bertz CT molecular complexity index is 1330. The molecule has 4 aromatic rings. The molecule has 32 heavy (non-hydrogen) atoms. The van der Waals surface area contributed by atoms with E-state index in [1.165, 1.54) is 5.01 Å². The molecule has 1 unspecified atom stereocenters. The molecule has 1 N–H and O–H groups in total. The Morgan fingerprint density at radius 2 is 1.56 bits per heavy atom. The number of hydrogen-bond acceptors (Lipinski definition) is 3. The average Bonchev–Trinajstić information content (AvgIpc) is 3.29. The molecule has 1 aliphatic rings. The minimum absolute atomic E-state index is 0.196. The van der Waals surface area contributed by atoms with E-state index in [0.717, 1.165) is 21.9 Å². The maximum atomic E-state index is 13.1. The maximum Gasteiger partial charge on any atom is 0.267 e. The third kappa shape index (κ3) is 3.79. The molecule has 1 atom stereocenters. The molecule has 0 bridgehead atoms. The molecule has 0 spiro atoms. The highest BCUT2D eigenvalue weighted by molar-refractivity contribution is 6.09. The van der Waals surface area contributed by atoms with Crippen LogP contribution in [0.4, 0.5) is 0 Å². The second kappa shape index (κ2) is 8.52. The van der Waals surface area contributed by atoms with E-state index in [4.69, 9.17) is 0 Å². The fraction of sp³-hybridized carbons (Fsp3) is 0.0714. The minimum Gasteiger partial charge on any atom is -0.507 e. The van der Waals surface area contributed by atoms with Gasteiger partial charge in [0.25, 0.3) is 5.91 Å². The van der Waals surface area contributed by atoms with Crippen LogP contribution in [0.3, 0.4) is 0 Å². The van der Waals surface area contributed by atoms with Crippen LogP contribution < -0.4 is 0 Å². The van der Waals surface area contributed by atoms with Crippen molar-refractivity contribution in [2.45, 2.75) is 12.5 Å². The van der Waals surface area contributed by atoms with Gasteiger partial charge in [0, 0.05) is 23.4 Å². The van der Waals surface area contributed by atoms with Crippen LogP contribution in [0, 0.1) is 0 Å². The van der Waals surface area contributed by atoms with Gasteiger partial charge in [-0.15, -0.1) is 0 Å². The first-order chi connectivity index (χ1) is 15.7. The zero-order valence-electron chi connectivity index (χ0n) is 17.4. The summed E-state index contributed by atoms with van der Waals surface area (Å²) in [5.74, 6) is 0.000716. The lowest BCUT2D eigenvalue weighted by atomic mass is 9.96. The van der Waals surface area contributed by atoms with Crippen molar-refractivity contribution in [1.82, 2.24) is 5.01 Å². The topological polar surface area (TPSA) is 52.9 Å². The number of phenolic OH excluding ortho intramolecular Hbond substituents is 1. The van der Waals surface area contributed by atoms with Crippen LogP contribution in [0.25, 0.3) is 16.8 Å². The molecule has 1 heterocycles. The molecule has 4 nitrogen and oxygen atoms in total. The van der Waals surface area contributed by atoms with Crippen LogP contribution >= 0.6 is 0 Å². The van der Waals surface area contributed by atoms with Crippen molar-refractivity contribution < 1.29 is 9.90 Å². The molecule has 0 aromatic heterocycles. The van der Waals surface area contributed by atoms with Gasteiger partial charge in [-0.25, -0.2) is 5.01 Å². The summed E-state index contributed by atoms with van der Waals surface area (Å²) in [6.07, 6.45) is 3.88. The first kappa shape index (κ1) is 19.8. The largest absolute Gasteiger partial charge is 0.507 e. The van der Waals surface area contributed by atoms with Gasteiger partial charge in [-0.05, 0) is 28.7 Å². The summed E-state index contributed by atoms with van der Waals surface area (Å²) in [7, 11) is 0. The van der Waals surface area contributed by atoms with Crippen LogP contribution in [0.15, 0.2) is 108 Å². The number of hydrazone groups is 1. The standard InChI is InChI=1S/C28H22N2O2/c31-27(18-15-20-9-3-1-4-10-20)30-26(22-12-5-2-6-13-22)19-25(29-30)24-17-16-21-11-7-8-14-23(21)28(24)32/h1-18,26,32H,19H2. The summed E-state index contributed by atoms with van der Waals surface area (Å²) in [4.78, 5) is 13.1. The molecule has 0 saturated carbocycles. The minimum atomic E-state index is -0.231. The predicted molar refractivity (Wildman–Crippen MR) is 128 cm³/mol. The summed E-state index contributed by atoms with van der Waals surface area (Å²) < 4.78 is 0. The fourth-order valence-electron chi connectivity index (χ4n) is 4.11. The number of benzene rings is 4. The van der Waals surface area contributed by atoms with Crippen molar-refractivity contribution in [3.63, 3.8) is 0 Å². The summed E-state index contributed by atoms with van der Waals surface area (Å²) in [5.41, 5.74) is 3.32. The van der Waals surface area contributed by atoms with Crippen LogP contribution in [-0.2, 0) is 4.79 Å². The van der Waals surface area contributed by atoms with Crippen LogP contribution in [0.5, 0.6) is 5.75 Å². The van der Waals surface area contributed by atoms with Gasteiger partial charge in [0.1, 0.15) is 5.75 Å². The second-order valence-corrected chi connectivity index (χ2v) is 7.79. The van der Waals surface area contributed by atoms with Crippen molar-refractivity contribution in [2.75, 3.05) is 0 Å². The number of amides is 1. The number of rotatable bonds is 4. The number of fused-ring (bicyclic) bond motifs is 1. The van der Waals surface area contributed by atoms with E-state index in [-0.39, 0.29) is 17.7 Å². The Morgan fingerprint density at radius 1 is 0.875 bits per heavy atom. The van der Waals surface area contributed by atoms with Crippen molar-refractivity contribution in [2.24, 2.45) is 5.10 Å². The Balaban J connectivity index is 1.52. The van der Waals surface area contributed by atoms with Crippen LogP contribution in [0.2, 0.25) is 0 Å². The number of carbonyl (C=O) groups is 1. The lowest BCUT2D eigenvalue weighted by Crippen LogP contribution is -2.25. The van der Waals surface area contributed by atoms with Crippen LogP contribution in [0.1, 0.15) is 29.2 Å². The molecule has 0 radical (unpaired) electrons. The first-order valence-electron chi connectivity index (χ1n) is 10.6. The molecule has 156 valence electrons. The molecule has 0 saturated heterocycles. The Hall–Kier alpha value is -4.18. The normalized spacial score (nSPS) is 15.9. The molecular weight excluding hydrogens is 396 g/mol. The average molecular weight is 418 g/mol. The third-order valence-corrected chi connectivity index (χ3v) is 5.75. The van der Waals surface area contributed by atoms with Crippen molar-refractivity contribution in [1.29, 1.82) is 0 Å². The monoisotopic (exact) mass is 418 g/mol. The lowest BCUT2D eigenvalue weighted by molar-refractivity contribution is -0.127. The van der Waals surface area contributed by atoms with Gasteiger partial charge < -0.3 is 5.11 Å². The smallest absolute Gasteiger partial charge is 0.267 e. The van der Waals surface area contributed by atoms with Gasteiger partial charge in [-0.2, -0.15) is 5.10 Å². The number of nitrogens with zero attached hydrogens (tertiary/aromatic N) is 2. The zero-order valence-corrected chi connectivity index (χ0v) is 17.4. The number of aromatic hydroxyl groups is 1. The molecule has 1 aliphatic heterocycles. The highest BCUT2D eigenvalue weighted by Crippen LogP contribution is 2.37. The molecule has 5 rings (SSSR count). The quantitative estimate of drug-likeness (QED) is 0.417. The van der Waals surface area contributed by atoms with Crippen molar-refractivity contribution in [3.05, 3.63) is 120 Å². The molecule has 4 aromatic carbocycles. The summed E-state index contributed by atoms with van der Waals surface area (Å²) in [5, 5.41) is 18.9. The van der Waals surface area contributed by atoms with E-state index >= 15 is 0 Å².